The minimum atomic E-state index is -3.31. The van der Waals surface area contributed by atoms with Crippen molar-refractivity contribution in [3.8, 4) is 0 Å². The van der Waals surface area contributed by atoms with Crippen molar-refractivity contribution in [1.29, 1.82) is 0 Å². The van der Waals surface area contributed by atoms with E-state index in [0.717, 1.165) is 37.5 Å². The smallest absolute Gasteiger partial charge is 0.246 e. The molecule has 0 bridgehead atoms. The summed E-state index contributed by atoms with van der Waals surface area (Å²) in [6.07, 6.45) is 7.63. The predicted molar refractivity (Wildman–Crippen MR) is 139 cm³/mol. The molecule has 1 spiro atoms. The first-order valence-corrected chi connectivity index (χ1v) is 15.1. The fourth-order valence-corrected chi connectivity index (χ4v) is 6.56. The van der Waals surface area contributed by atoms with Crippen LogP contribution in [0, 0.1) is 0 Å². The number of carbonyl (C=O) groups excluding carboxylic acids is 2. The number of piperidine rings is 1. The van der Waals surface area contributed by atoms with Crippen LogP contribution in [0.3, 0.4) is 0 Å². The number of aliphatic hydroxyl groups is 1. The molecule has 0 aromatic heterocycles. The van der Waals surface area contributed by atoms with Gasteiger partial charge in [0.1, 0.15) is 11.6 Å². The highest BCUT2D eigenvalue weighted by atomic mass is 32.2. The molecule has 2 amide bonds. The highest BCUT2D eigenvalue weighted by molar-refractivity contribution is 7.92. The molecule has 10 heteroatoms. The van der Waals surface area contributed by atoms with E-state index in [2.05, 4.69) is 21.9 Å². The van der Waals surface area contributed by atoms with Crippen LogP contribution in [0.15, 0.2) is 24.3 Å². The second-order valence-corrected chi connectivity index (χ2v) is 12.6. The van der Waals surface area contributed by atoms with Crippen LogP contribution in [0.4, 0.5) is 5.69 Å². The van der Waals surface area contributed by atoms with Gasteiger partial charge in [-0.15, -0.1) is 0 Å². The minimum absolute atomic E-state index is 0.0502. The van der Waals surface area contributed by atoms with Crippen LogP contribution in [0.5, 0.6) is 0 Å². The highest BCUT2D eigenvalue weighted by Gasteiger charge is 2.54. The summed E-state index contributed by atoms with van der Waals surface area (Å²) in [6.45, 7) is 4.70. The molecular weight excluding hydrogens is 480 g/mol. The summed E-state index contributed by atoms with van der Waals surface area (Å²) in [5.74, 6) is -0.133. The van der Waals surface area contributed by atoms with Crippen LogP contribution in [-0.4, -0.2) is 78.2 Å². The number of piperazine rings is 1. The van der Waals surface area contributed by atoms with Crippen molar-refractivity contribution in [3.05, 3.63) is 29.8 Å². The van der Waals surface area contributed by atoms with Gasteiger partial charge in [0.25, 0.3) is 0 Å². The number of carbonyl (C=O) groups is 2. The van der Waals surface area contributed by atoms with Crippen LogP contribution >= 0.6 is 0 Å². The standard InChI is InChI=1S/C26H40N4O5S/c1-3-4-15-30-23(31)22(18-25(33)11-5-6-12-25)27-24(32)26(30)13-16-29(17-14-26)19-20-7-9-21(10-8-20)28-36(2,34)35/h7-10,22,28,33H,3-6,11-19H2,1-2H3,(H,27,32)/t22-/m1/s1. The zero-order valence-corrected chi connectivity index (χ0v) is 22.3. The van der Waals surface area contributed by atoms with Gasteiger partial charge in [-0.3, -0.25) is 19.2 Å². The van der Waals surface area contributed by atoms with Crippen molar-refractivity contribution in [2.75, 3.05) is 30.6 Å². The average molecular weight is 521 g/mol. The molecule has 2 aliphatic heterocycles. The molecule has 3 N–H and O–H groups in total. The van der Waals surface area contributed by atoms with Gasteiger partial charge in [0.05, 0.1) is 11.9 Å². The van der Waals surface area contributed by atoms with Crippen LogP contribution in [0.1, 0.15) is 70.3 Å². The quantitative estimate of drug-likeness (QED) is 0.459. The number of likely N-dealkylation sites (tertiary alicyclic amines) is 1. The molecule has 3 fully saturated rings. The van der Waals surface area contributed by atoms with E-state index in [1.54, 1.807) is 12.1 Å². The summed E-state index contributed by atoms with van der Waals surface area (Å²) in [4.78, 5) is 31.3. The predicted octanol–water partition coefficient (Wildman–Crippen LogP) is 2.21. The van der Waals surface area contributed by atoms with E-state index in [9.17, 15) is 23.1 Å². The number of hydrogen-bond acceptors (Lipinski definition) is 6. The molecule has 1 saturated carbocycles. The summed E-state index contributed by atoms with van der Waals surface area (Å²) in [6, 6.07) is 6.65. The van der Waals surface area contributed by atoms with Gasteiger partial charge < -0.3 is 15.3 Å². The van der Waals surface area contributed by atoms with E-state index >= 15 is 0 Å². The molecule has 4 rings (SSSR count). The number of rotatable bonds is 9. The molecule has 0 unspecified atom stereocenters. The molecule has 0 radical (unpaired) electrons. The lowest BCUT2D eigenvalue weighted by molar-refractivity contribution is -0.163. The minimum Gasteiger partial charge on any atom is -0.390 e. The van der Waals surface area contributed by atoms with Gasteiger partial charge in [0.2, 0.25) is 21.8 Å². The van der Waals surface area contributed by atoms with E-state index < -0.39 is 27.2 Å². The molecular formula is C26H40N4O5S. The van der Waals surface area contributed by atoms with Gasteiger partial charge >= 0.3 is 0 Å². The number of sulfonamides is 1. The molecule has 200 valence electrons. The Bertz CT molecular complexity index is 1040. The third-order valence-corrected chi connectivity index (χ3v) is 8.62. The number of benzene rings is 1. The van der Waals surface area contributed by atoms with Crippen molar-refractivity contribution in [3.63, 3.8) is 0 Å². The molecule has 9 nitrogen and oxygen atoms in total. The third kappa shape index (κ3) is 6.03. The van der Waals surface area contributed by atoms with Gasteiger partial charge in [0.15, 0.2) is 0 Å². The van der Waals surface area contributed by atoms with Crippen LogP contribution in [0.25, 0.3) is 0 Å². The molecule has 1 aromatic rings. The van der Waals surface area contributed by atoms with Crippen molar-refractivity contribution in [2.45, 2.75) is 88.4 Å². The van der Waals surface area contributed by atoms with E-state index in [4.69, 9.17) is 0 Å². The van der Waals surface area contributed by atoms with E-state index in [1.807, 2.05) is 17.0 Å². The Morgan fingerprint density at radius 2 is 1.72 bits per heavy atom. The number of amides is 2. The Morgan fingerprint density at radius 1 is 1.08 bits per heavy atom. The highest BCUT2D eigenvalue weighted by Crippen LogP contribution is 2.38. The molecule has 3 aliphatic rings. The Labute approximate surface area is 214 Å². The molecule has 2 saturated heterocycles. The zero-order valence-electron chi connectivity index (χ0n) is 21.5. The van der Waals surface area contributed by atoms with Gasteiger partial charge in [-0.1, -0.05) is 38.3 Å². The van der Waals surface area contributed by atoms with Crippen LogP contribution in [0.2, 0.25) is 0 Å². The normalized spacial score (nSPS) is 24.2. The van der Waals surface area contributed by atoms with Gasteiger partial charge in [-0.05, 0) is 49.8 Å². The fraction of sp³-hybridized carbons (Fsp3) is 0.692. The van der Waals surface area contributed by atoms with E-state index in [0.29, 0.717) is 64.0 Å². The maximum Gasteiger partial charge on any atom is 0.246 e. The topological polar surface area (TPSA) is 119 Å². The van der Waals surface area contributed by atoms with Gasteiger partial charge in [-0.25, -0.2) is 8.42 Å². The molecule has 1 aliphatic carbocycles. The summed E-state index contributed by atoms with van der Waals surface area (Å²) in [7, 11) is -3.31. The Hall–Kier alpha value is -2.17. The lowest BCUT2D eigenvalue weighted by Gasteiger charge is -2.52. The summed E-state index contributed by atoms with van der Waals surface area (Å²) >= 11 is 0. The number of hydrogen-bond donors (Lipinski definition) is 3. The molecule has 2 heterocycles. The van der Waals surface area contributed by atoms with Crippen molar-refractivity contribution < 1.29 is 23.1 Å². The first kappa shape index (κ1) is 26.9. The number of nitrogens with zero attached hydrogens (tertiary/aromatic N) is 2. The molecule has 1 atom stereocenters. The summed E-state index contributed by atoms with van der Waals surface area (Å²) in [5, 5.41) is 13.9. The second-order valence-electron chi connectivity index (χ2n) is 10.9. The summed E-state index contributed by atoms with van der Waals surface area (Å²) < 4.78 is 25.3. The monoisotopic (exact) mass is 520 g/mol. The fourth-order valence-electron chi connectivity index (χ4n) is 6.00. The lowest BCUT2D eigenvalue weighted by Crippen LogP contribution is -2.73. The first-order chi connectivity index (χ1) is 17.0. The SMILES string of the molecule is CCCCN1C(=O)[C@@H](CC2(O)CCCC2)NC(=O)C12CCN(Cc1ccc(NS(C)(=O)=O)cc1)CC2. The Kier molecular flexibility index (Phi) is 7.97. The Balaban J connectivity index is 1.42. The number of nitrogens with one attached hydrogen (secondary N) is 2. The first-order valence-electron chi connectivity index (χ1n) is 13.2. The van der Waals surface area contributed by atoms with Crippen molar-refractivity contribution in [2.24, 2.45) is 0 Å². The zero-order chi connectivity index (χ0) is 26.0. The Morgan fingerprint density at radius 3 is 2.31 bits per heavy atom. The van der Waals surface area contributed by atoms with Crippen LogP contribution in [-0.2, 0) is 26.2 Å². The maximum atomic E-state index is 13.6. The van der Waals surface area contributed by atoms with Gasteiger partial charge in [-0.2, -0.15) is 0 Å². The van der Waals surface area contributed by atoms with Gasteiger partial charge in [0, 0.05) is 38.3 Å². The maximum absolute atomic E-state index is 13.6. The second kappa shape index (κ2) is 10.7. The lowest BCUT2D eigenvalue weighted by atomic mass is 9.80. The summed E-state index contributed by atoms with van der Waals surface area (Å²) in [5.41, 5.74) is -0.105. The van der Waals surface area contributed by atoms with E-state index in [1.165, 1.54) is 0 Å². The van der Waals surface area contributed by atoms with Crippen LogP contribution < -0.4 is 10.0 Å². The van der Waals surface area contributed by atoms with Crippen molar-refractivity contribution in [1.82, 2.24) is 15.1 Å². The number of unbranched alkanes of at least 4 members (excludes halogenated alkanes) is 1. The molecule has 1 aromatic carbocycles. The van der Waals surface area contributed by atoms with Crippen molar-refractivity contribution >= 4 is 27.5 Å². The average Bonchev–Trinajstić information content (AvgIpc) is 3.25. The van der Waals surface area contributed by atoms with E-state index in [-0.39, 0.29) is 11.8 Å². The largest absolute Gasteiger partial charge is 0.390 e. The third-order valence-electron chi connectivity index (χ3n) is 8.01. The number of anilines is 1. The molecule has 36 heavy (non-hydrogen) atoms.